The van der Waals surface area contributed by atoms with Gasteiger partial charge in [-0.2, -0.15) is 5.26 Å². The number of aromatic nitrogens is 4. The number of nitrogens with two attached hydrogens (primary N) is 1. The fourth-order valence-electron chi connectivity index (χ4n) is 4.85. The van der Waals surface area contributed by atoms with Crippen LogP contribution in [0.15, 0.2) is 59.8 Å². The molecule has 10 nitrogen and oxygen atoms in total. The van der Waals surface area contributed by atoms with E-state index in [0.29, 0.717) is 41.3 Å². The van der Waals surface area contributed by atoms with Crippen LogP contribution < -0.4 is 20.9 Å². The third-order valence-corrected chi connectivity index (χ3v) is 6.62. The SMILES string of the molecule is COc1cccc(C(=O)Cn2cnc3c(C#N)c(N4CCC[C@H](N)C4)n(Cc4ccccn4)c3c2=O)c1. The molecule has 1 saturated heterocycles. The van der Waals surface area contributed by atoms with Gasteiger partial charge in [0.1, 0.15) is 34.2 Å². The van der Waals surface area contributed by atoms with Crippen LogP contribution in [0.1, 0.15) is 34.5 Å². The highest BCUT2D eigenvalue weighted by Crippen LogP contribution is 2.32. The van der Waals surface area contributed by atoms with Crippen molar-refractivity contribution in [3.63, 3.8) is 0 Å². The summed E-state index contributed by atoms with van der Waals surface area (Å²) in [6.07, 6.45) is 4.80. The van der Waals surface area contributed by atoms with Crippen LogP contribution in [-0.2, 0) is 13.1 Å². The molecule has 37 heavy (non-hydrogen) atoms. The van der Waals surface area contributed by atoms with Gasteiger partial charge < -0.3 is 19.9 Å². The van der Waals surface area contributed by atoms with E-state index in [1.165, 1.54) is 18.0 Å². The highest BCUT2D eigenvalue weighted by molar-refractivity contribution is 5.96. The molecule has 188 valence electrons. The standard InChI is InChI=1S/C27H27N7O3/c1-37-21-9-4-6-18(12-21)23(35)16-33-17-31-24-22(13-28)26(32-11-5-7-19(29)14-32)34(25(24)27(33)36)15-20-8-2-3-10-30-20/h2-4,6,8-10,12,17,19H,5,7,11,14-16,29H2,1H3/t19-/m0/s1. The first-order valence-corrected chi connectivity index (χ1v) is 12.1. The monoisotopic (exact) mass is 497 g/mol. The average molecular weight is 498 g/mol. The summed E-state index contributed by atoms with van der Waals surface area (Å²) in [5.74, 6) is 0.909. The molecule has 1 fully saturated rings. The average Bonchev–Trinajstić information content (AvgIpc) is 3.24. The van der Waals surface area contributed by atoms with E-state index in [1.54, 1.807) is 35.0 Å². The molecule has 4 aromatic rings. The number of hydrogen-bond acceptors (Lipinski definition) is 8. The molecular formula is C27H27N7O3. The number of fused-ring (bicyclic) bond motifs is 1. The van der Waals surface area contributed by atoms with Gasteiger partial charge in [-0.15, -0.1) is 0 Å². The maximum Gasteiger partial charge on any atom is 0.278 e. The van der Waals surface area contributed by atoms with Gasteiger partial charge in [-0.25, -0.2) is 4.98 Å². The molecule has 0 bridgehead atoms. The largest absolute Gasteiger partial charge is 0.497 e. The lowest BCUT2D eigenvalue weighted by Gasteiger charge is -2.33. The molecule has 1 aromatic carbocycles. The number of hydrogen-bond donors (Lipinski definition) is 1. The van der Waals surface area contributed by atoms with Crippen molar-refractivity contribution < 1.29 is 9.53 Å². The number of nitriles is 1. The zero-order chi connectivity index (χ0) is 25.9. The van der Waals surface area contributed by atoms with Gasteiger partial charge in [0.25, 0.3) is 5.56 Å². The number of carbonyl (C=O) groups is 1. The Balaban J connectivity index is 1.64. The zero-order valence-corrected chi connectivity index (χ0v) is 20.5. The van der Waals surface area contributed by atoms with Gasteiger partial charge >= 0.3 is 0 Å². The summed E-state index contributed by atoms with van der Waals surface area (Å²) in [5.41, 5.74) is 7.91. The molecule has 0 saturated carbocycles. The first-order chi connectivity index (χ1) is 18.0. The minimum Gasteiger partial charge on any atom is -0.497 e. The van der Waals surface area contributed by atoms with Gasteiger partial charge in [0, 0.05) is 30.9 Å². The molecule has 5 rings (SSSR count). The van der Waals surface area contributed by atoms with Crippen LogP contribution in [0.3, 0.4) is 0 Å². The molecule has 0 unspecified atom stereocenters. The van der Waals surface area contributed by atoms with E-state index >= 15 is 0 Å². The number of anilines is 1. The van der Waals surface area contributed by atoms with E-state index in [-0.39, 0.29) is 30.4 Å². The van der Waals surface area contributed by atoms with E-state index in [2.05, 4.69) is 20.9 Å². The number of pyridine rings is 1. The third kappa shape index (κ3) is 4.69. The van der Waals surface area contributed by atoms with Crippen molar-refractivity contribution in [2.45, 2.75) is 32.0 Å². The molecule has 10 heteroatoms. The van der Waals surface area contributed by atoms with Crippen LogP contribution in [0.25, 0.3) is 11.0 Å². The number of benzene rings is 1. The summed E-state index contributed by atoms with van der Waals surface area (Å²) in [6, 6.07) is 14.6. The second-order valence-corrected chi connectivity index (χ2v) is 9.10. The van der Waals surface area contributed by atoms with Crippen molar-refractivity contribution in [3.05, 3.63) is 82.2 Å². The minimum absolute atomic E-state index is 0.0355. The number of ketones is 1. The summed E-state index contributed by atoms with van der Waals surface area (Å²) in [6.45, 7) is 1.35. The van der Waals surface area contributed by atoms with Gasteiger partial charge in [-0.1, -0.05) is 18.2 Å². The Kier molecular flexibility index (Phi) is 6.70. The molecule has 4 heterocycles. The van der Waals surface area contributed by atoms with Crippen molar-refractivity contribution >= 4 is 22.6 Å². The predicted molar refractivity (Wildman–Crippen MR) is 139 cm³/mol. The van der Waals surface area contributed by atoms with Crippen LogP contribution in [0.2, 0.25) is 0 Å². The van der Waals surface area contributed by atoms with Gasteiger partial charge in [-0.05, 0) is 37.1 Å². The third-order valence-electron chi connectivity index (χ3n) is 6.62. The molecule has 2 N–H and O–H groups in total. The van der Waals surface area contributed by atoms with Crippen LogP contribution in [-0.4, -0.2) is 51.1 Å². The second kappa shape index (κ2) is 10.2. The summed E-state index contributed by atoms with van der Waals surface area (Å²) in [5, 5.41) is 10.1. The first-order valence-electron chi connectivity index (χ1n) is 12.1. The Bertz CT molecular complexity index is 1550. The summed E-state index contributed by atoms with van der Waals surface area (Å²) < 4.78 is 8.30. The molecule has 1 aliphatic heterocycles. The Labute approximate surface area is 213 Å². The Morgan fingerprint density at radius 2 is 2.11 bits per heavy atom. The van der Waals surface area contributed by atoms with Gasteiger partial charge in [-0.3, -0.25) is 19.1 Å². The maximum absolute atomic E-state index is 13.8. The minimum atomic E-state index is -0.402. The topological polar surface area (TPSA) is 132 Å². The van der Waals surface area contributed by atoms with E-state index < -0.39 is 5.56 Å². The maximum atomic E-state index is 13.8. The lowest BCUT2D eigenvalue weighted by molar-refractivity contribution is 0.0970. The lowest BCUT2D eigenvalue weighted by Crippen LogP contribution is -2.44. The number of carbonyl (C=O) groups excluding carboxylic acids is 1. The molecule has 3 aromatic heterocycles. The van der Waals surface area contributed by atoms with E-state index in [9.17, 15) is 14.9 Å². The quantitative estimate of drug-likeness (QED) is 0.385. The summed E-state index contributed by atoms with van der Waals surface area (Å²) >= 11 is 0. The van der Waals surface area contributed by atoms with Gasteiger partial charge in [0.15, 0.2) is 5.78 Å². The lowest BCUT2D eigenvalue weighted by atomic mass is 10.1. The number of rotatable bonds is 7. The van der Waals surface area contributed by atoms with Crippen molar-refractivity contribution in [2.75, 3.05) is 25.1 Å². The Hall–Kier alpha value is -4.49. The molecule has 0 radical (unpaired) electrons. The number of piperidine rings is 1. The highest BCUT2D eigenvalue weighted by atomic mass is 16.5. The fraction of sp³-hybridized carbons (Fsp3) is 0.296. The summed E-state index contributed by atoms with van der Waals surface area (Å²) in [4.78, 5) is 37.8. The number of methoxy groups -OCH3 is 1. The van der Waals surface area contributed by atoms with Crippen molar-refractivity contribution in [1.29, 1.82) is 5.26 Å². The number of ether oxygens (including phenoxy) is 1. The molecule has 1 atom stereocenters. The smallest absolute Gasteiger partial charge is 0.278 e. The summed E-state index contributed by atoms with van der Waals surface area (Å²) in [7, 11) is 1.53. The number of nitrogens with zero attached hydrogens (tertiary/aromatic N) is 6. The first kappa shape index (κ1) is 24.2. The van der Waals surface area contributed by atoms with E-state index in [4.69, 9.17) is 10.5 Å². The van der Waals surface area contributed by atoms with Crippen LogP contribution in [0.4, 0.5) is 5.82 Å². The normalized spacial score (nSPS) is 15.5. The fourth-order valence-corrected chi connectivity index (χ4v) is 4.85. The van der Waals surface area contributed by atoms with Crippen molar-refractivity contribution in [3.8, 4) is 11.8 Å². The predicted octanol–water partition coefficient (Wildman–Crippen LogP) is 2.33. The van der Waals surface area contributed by atoms with Crippen molar-refractivity contribution in [2.24, 2.45) is 5.73 Å². The molecule has 1 aliphatic rings. The van der Waals surface area contributed by atoms with Crippen LogP contribution >= 0.6 is 0 Å². The Morgan fingerprint density at radius 3 is 2.84 bits per heavy atom. The number of Topliss-reactive ketones (excluding diaryl/α,β-unsaturated/α-hetero) is 1. The molecule has 0 aliphatic carbocycles. The van der Waals surface area contributed by atoms with Crippen LogP contribution in [0, 0.1) is 11.3 Å². The van der Waals surface area contributed by atoms with E-state index in [1.807, 2.05) is 18.2 Å². The van der Waals surface area contributed by atoms with Gasteiger partial charge in [0.05, 0.1) is 32.2 Å². The van der Waals surface area contributed by atoms with E-state index in [0.717, 1.165) is 18.5 Å². The van der Waals surface area contributed by atoms with Gasteiger partial charge in [0.2, 0.25) is 0 Å². The molecular weight excluding hydrogens is 470 g/mol. The highest BCUT2D eigenvalue weighted by Gasteiger charge is 2.29. The second-order valence-electron chi connectivity index (χ2n) is 9.10. The molecule has 0 amide bonds. The Morgan fingerprint density at radius 1 is 1.24 bits per heavy atom. The zero-order valence-electron chi connectivity index (χ0n) is 20.5. The molecule has 0 spiro atoms. The van der Waals surface area contributed by atoms with Crippen molar-refractivity contribution in [1.82, 2.24) is 19.1 Å². The van der Waals surface area contributed by atoms with Crippen LogP contribution in [0.5, 0.6) is 5.75 Å².